The molecule has 3 N–H and O–H groups in total. The number of nitrogens with zero attached hydrogens (tertiary/aromatic N) is 4. The first kappa shape index (κ1) is 38.6. The van der Waals surface area contributed by atoms with Gasteiger partial charge in [0.2, 0.25) is 17.2 Å². The largest absolute Gasteiger partial charge is 0.456 e. The molecule has 0 aliphatic carbocycles. The van der Waals surface area contributed by atoms with Gasteiger partial charge in [0.1, 0.15) is 28.9 Å². The third-order valence-electron chi connectivity index (χ3n) is 12.0. The van der Waals surface area contributed by atoms with Crippen LogP contribution in [0.15, 0.2) is 49.5 Å². The second-order valence-electron chi connectivity index (χ2n) is 15.6. The second kappa shape index (κ2) is 16.2. The predicted molar refractivity (Wildman–Crippen MR) is 214 cm³/mol. The number of amidine groups is 2. The van der Waals surface area contributed by atoms with Crippen LogP contribution in [0.3, 0.4) is 0 Å². The van der Waals surface area contributed by atoms with E-state index >= 15 is 0 Å². The number of carbonyl (C=O) groups is 3. The molecule has 294 valence electrons. The molecule has 4 aliphatic heterocycles. The molecule has 5 heterocycles. The lowest BCUT2D eigenvalue weighted by atomic mass is 9.97. The summed E-state index contributed by atoms with van der Waals surface area (Å²) in [6.45, 7) is 10.4. The van der Waals surface area contributed by atoms with Crippen molar-refractivity contribution in [2.45, 2.75) is 103 Å². The number of nitrogens with one attached hydrogen (secondary N) is 3. The number of carbonyl (C=O) groups excluding carboxylic acids is 3. The fraction of sp³-hybridized carbons (Fsp3) is 0.561. The number of benzene rings is 2. The normalized spacial score (nSPS) is 24.0. The quantitative estimate of drug-likeness (QED) is 0.204. The molecule has 3 aromatic rings. The highest BCUT2D eigenvalue weighted by atomic mass is 35.5. The summed E-state index contributed by atoms with van der Waals surface area (Å²) in [6, 6.07) is 7.73. The SMILES string of the molecule is CC[C@H](C)CC(=O)N1CCC[C@H]1C1=NCC(c2cc3oc4ccc(C5CN=C([C@@H]6CCCN6C(=O)[C@@H](NC(=O)OC)[C@@H](C)CC)N5)cc4c(=O)c3cc2Cl)N1. The first-order valence-electron chi connectivity index (χ1n) is 19.8. The van der Waals surface area contributed by atoms with E-state index in [0.29, 0.717) is 65.4 Å². The van der Waals surface area contributed by atoms with Crippen molar-refractivity contribution in [1.82, 2.24) is 25.8 Å². The van der Waals surface area contributed by atoms with E-state index < -0.39 is 12.1 Å². The average molecular weight is 774 g/mol. The van der Waals surface area contributed by atoms with E-state index in [0.717, 1.165) is 61.4 Å². The topological polar surface area (TPSA) is 158 Å². The maximum Gasteiger partial charge on any atom is 0.407 e. The van der Waals surface area contributed by atoms with Gasteiger partial charge in [-0.05, 0) is 72.9 Å². The zero-order valence-electron chi connectivity index (χ0n) is 32.3. The molecule has 13 nitrogen and oxygen atoms in total. The van der Waals surface area contributed by atoms with Crippen molar-refractivity contribution in [2.75, 3.05) is 33.3 Å². The number of likely N-dealkylation sites (tertiary alicyclic amines) is 2. The number of hydrogen-bond acceptors (Lipinski definition) is 10. The molecule has 2 unspecified atom stereocenters. The minimum absolute atomic E-state index is 0.0652. The lowest BCUT2D eigenvalue weighted by molar-refractivity contribution is -0.134. The third-order valence-corrected chi connectivity index (χ3v) is 12.3. The Bertz CT molecular complexity index is 2100. The fourth-order valence-electron chi connectivity index (χ4n) is 8.35. The molecule has 4 aliphatic rings. The van der Waals surface area contributed by atoms with Crippen molar-refractivity contribution in [1.29, 1.82) is 0 Å². The molecule has 0 radical (unpaired) electrons. The van der Waals surface area contributed by atoms with Gasteiger partial charge in [0, 0.05) is 24.5 Å². The number of hydrogen-bond donors (Lipinski definition) is 3. The summed E-state index contributed by atoms with van der Waals surface area (Å²) in [5, 5.41) is 11.1. The predicted octanol–water partition coefficient (Wildman–Crippen LogP) is 5.87. The minimum Gasteiger partial charge on any atom is -0.456 e. The van der Waals surface area contributed by atoms with Gasteiger partial charge in [0.05, 0.1) is 55.1 Å². The maximum absolute atomic E-state index is 14.0. The molecule has 14 heteroatoms. The van der Waals surface area contributed by atoms with E-state index in [-0.39, 0.29) is 47.3 Å². The molecule has 0 spiro atoms. The molecule has 55 heavy (non-hydrogen) atoms. The van der Waals surface area contributed by atoms with Crippen molar-refractivity contribution in [3.05, 3.63) is 56.7 Å². The van der Waals surface area contributed by atoms with Crippen LogP contribution in [0.5, 0.6) is 0 Å². The van der Waals surface area contributed by atoms with Crippen LogP contribution < -0.4 is 21.4 Å². The molecule has 0 bridgehead atoms. The van der Waals surface area contributed by atoms with Gasteiger partial charge in [-0.1, -0.05) is 58.2 Å². The first-order chi connectivity index (χ1) is 26.5. The number of ether oxygens (including phenoxy) is 1. The highest BCUT2D eigenvalue weighted by Crippen LogP contribution is 2.34. The molecular formula is C41H52ClN7O6. The summed E-state index contributed by atoms with van der Waals surface area (Å²) in [5.74, 6) is 1.84. The lowest BCUT2D eigenvalue weighted by Crippen LogP contribution is -2.55. The lowest BCUT2D eigenvalue weighted by Gasteiger charge is -2.31. The van der Waals surface area contributed by atoms with E-state index in [9.17, 15) is 19.2 Å². The number of aliphatic imine (C=N–C) groups is 2. The number of methoxy groups -OCH3 is 1. The van der Waals surface area contributed by atoms with Crippen molar-refractivity contribution in [3.63, 3.8) is 0 Å². The van der Waals surface area contributed by atoms with Gasteiger partial charge in [-0.2, -0.15) is 0 Å². The number of amides is 3. The van der Waals surface area contributed by atoms with Crippen molar-refractivity contribution >= 4 is 63.1 Å². The van der Waals surface area contributed by atoms with Gasteiger partial charge in [-0.15, -0.1) is 0 Å². The molecule has 7 atom stereocenters. The Morgan fingerprint density at radius 2 is 1.58 bits per heavy atom. The molecule has 0 saturated carbocycles. The van der Waals surface area contributed by atoms with Crippen molar-refractivity contribution in [2.24, 2.45) is 21.8 Å². The van der Waals surface area contributed by atoms with Crippen LogP contribution >= 0.6 is 11.6 Å². The molecule has 3 amide bonds. The van der Waals surface area contributed by atoms with Crippen LogP contribution in [0.2, 0.25) is 5.02 Å². The fourth-order valence-corrected chi connectivity index (χ4v) is 8.65. The van der Waals surface area contributed by atoms with Gasteiger partial charge in [0.25, 0.3) is 0 Å². The molecule has 1 aromatic heterocycles. The number of rotatable bonds is 11. The van der Waals surface area contributed by atoms with E-state index in [2.05, 4.69) is 29.8 Å². The van der Waals surface area contributed by atoms with Gasteiger partial charge in [0.15, 0.2) is 0 Å². The van der Waals surface area contributed by atoms with Gasteiger partial charge < -0.3 is 34.9 Å². The van der Waals surface area contributed by atoms with Crippen LogP contribution in [-0.2, 0) is 14.3 Å². The summed E-state index contributed by atoms with van der Waals surface area (Å²) >= 11 is 6.87. The third kappa shape index (κ3) is 7.64. The van der Waals surface area contributed by atoms with Crippen molar-refractivity contribution < 1.29 is 23.5 Å². The Morgan fingerprint density at radius 1 is 0.927 bits per heavy atom. The van der Waals surface area contributed by atoms with E-state index in [1.54, 1.807) is 6.07 Å². The smallest absolute Gasteiger partial charge is 0.407 e. The van der Waals surface area contributed by atoms with Gasteiger partial charge in [-0.25, -0.2) is 4.79 Å². The highest BCUT2D eigenvalue weighted by molar-refractivity contribution is 6.32. The summed E-state index contributed by atoms with van der Waals surface area (Å²) in [7, 11) is 1.29. The minimum atomic E-state index is -0.700. The number of fused-ring (bicyclic) bond motifs is 2. The van der Waals surface area contributed by atoms with E-state index in [1.165, 1.54) is 7.11 Å². The van der Waals surface area contributed by atoms with E-state index in [1.807, 2.05) is 47.9 Å². The molecule has 2 saturated heterocycles. The Balaban J connectivity index is 1.06. The van der Waals surface area contributed by atoms with Crippen LogP contribution in [0, 0.1) is 11.8 Å². The standard InChI is InChI=1S/C41H52ClN7O6/c1-6-22(3)16-35(50)48-14-8-10-31(48)38-44-21-30(46-38)25-19-34-27(18-28(25)42)37(51)26-17-24(12-13-33(26)55-34)29-20-43-39(45-29)32-11-9-15-49(32)40(52)36(23(4)7-2)47-41(53)54-5/h12-13,17-19,22-23,29-32,36H,6-11,14-16,20-21H2,1-5H3,(H,43,45)(H,44,46)(H,47,53)/t22-,23-,29?,30?,31-,32-,36-/m0/s1. The Kier molecular flexibility index (Phi) is 11.4. The Labute approximate surface area is 326 Å². The maximum atomic E-state index is 14.0. The zero-order chi connectivity index (χ0) is 39.0. The Hall–Kier alpha value is -4.65. The molecule has 2 fully saturated rings. The number of halogens is 1. The van der Waals surface area contributed by atoms with Crippen LogP contribution in [0.4, 0.5) is 4.79 Å². The summed E-state index contributed by atoms with van der Waals surface area (Å²) < 4.78 is 11.1. The molecule has 2 aromatic carbocycles. The molecule has 7 rings (SSSR count). The van der Waals surface area contributed by atoms with Gasteiger partial charge >= 0.3 is 6.09 Å². The second-order valence-corrected chi connectivity index (χ2v) is 16.0. The monoisotopic (exact) mass is 773 g/mol. The highest BCUT2D eigenvalue weighted by Gasteiger charge is 2.40. The number of alkyl carbamates (subject to hydrolysis) is 1. The van der Waals surface area contributed by atoms with Crippen LogP contribution in [0.25, 0.3) is 21.9 Å². The van der Waals surface area contributed by atoms with E-state index in [4.69, 9.17) is 30.7 Å². The Morgan fingerprint density at radius 3 is 2.27 bits per heavy atom. The molecular weight excluding hydrogens is 722 g/mol. The summed E-state index contributed by atoms with van der Waals surface area (Å²) in [5.41, 5.74) is 2.40. The van der Waals surface area contributed by atoms with Crippen LogP contribution in [0.1, 0.15) is 95.9 Å². The van der Waals surface area contributed by atoms with Crippen LogP contribution in [-0.4, -0.2) is 90.8 Å². The average Bonchev–Trinajstić information content (AvgIpc) is 4.03. The zero-order valence-corrected chi connectivity index (χ0v) is 33.1. The van der Waals surface area contributed by atoms with Crippen molar-refractivity contribution in [3.8, 4) is 0 Å². The summed E-state index contributed by atoms with van der Waals surface area (Å²) in [4.78, 5) is 66.4. The van der Waals surface area contributed by atoms with Gasteiger partial charge in [-0.3, -0.25) is 24.4 Å². The summed E-state index contributed by atoms with van der Waals surface area (Å²) in [6.07, 6.45) is 4.99. The first-order valence-corrected chi connectivity index (χ1v) is 20.1.